The van der Waals surface area contributed by atoms with Crippen molar-refractivity contribution in [3.8, 4) is 0 Å². The lowest BCUT2D eigenvalue weighted by Gasteiger charge is -2.34. The minimum atomic E-state index is -0.0247. The summed E-state index contributed by atoms with van der Waals surface area (Å²) in [6.45, 7) is 5.42. The van der Waals surface area contributed by atoms with E-state index < -0.39 is 0 Å². The average molecular weight is 406 g/mol. The molecule has 0 amide bonds. The first-order valence-corrected chi connectivity index (χ1v) is 10.9. The number of hydrogen-bond acceptors (Lipinski definition) is 5. The zero-order chi connectivity index (χ0) is 18.8. The summed E-state index contributed by atoms with van der Waals surface area (Å²) in [5, 5.41) is 2.59. The van der Waals surface area contributed by atoms with E-state index in [4.69, 9.17) is 11.6 Å². The van der Waals surface area contributed by atoms with Crippen LogP contribution in [0.25, 0.3) is 16.3 Å². The van der Waals surface area contributed by atoms with Gasteiger partial charge in [-0.15, -0.1) is 0 Å². The predicted octanol–water partition coefficient (Wildman–Crippen LogP) is 3.40. The highest BCUT2D eigenvalue weighted by Gasteiger charge is 2.24. The normalized spacial score (nSPS) is 18.9. The number of likely N-dealkylation sites (tertiary alicyclic amines) is 1. The van der Waals surface area contributed by atoms with Gasteiger partial charge < -0.3 is 9.91 Å². The average Bonchev–Trinajstić information content (AvgIpc) is 3.30. The van der Waals surface area contributed by atoms with Crippen LogP contribution in [0.1, 0.15) is 37.7 Å². The third-order valence-corrected chi connectivity index (χ3v) is 7.06. The molecule has 0 unspecified atom stereocenters. The molecule has 7 heteroatoms. The molecule has 0 atom stereocenters. The Kier molecular flexibility index (Phi) is 5.69. The highest BCUT2D eigenvalue weighted by atomic mass is 35.5. The summed E-state index contributed by atoms with van der Waals surface area (Å²) in [7, 11) is 0. The van der Waals surface area contributed by atoms with Crippen molar-refractivity contribution in [1.29, 1.82) is 0 Å². The Bertz CT molecular complexity index is 917. The second-order valence-corrected chi connectivity index (χ2v) is 8.88. The molecule has 1 aromatic heterocycles. The van der Waals surface area contributed by atoms with Crippen molar-refractivity contribution in [2.75, 3.05) is 37.7 Å². The monoisotopic (exact) mass is 405 g/mol. The van der Waals surface area contributed by atoms with E-state index in [-0.39, 0.29) is 4.87 Å². The Labute approximate surface area is 167 Å². The smallest absolute Gasteiger partial charge is 0.309 e. The van der Waals surface area contributed by atoms with E-state index in [1.165, 1.54) is 56.3 Å². The molecule has 3 heterocycles. The SMILES string of the molecule is O=C=Cc1c(Cl)ccc2sc(=O)n(N3CCC(CCN4CCCC4)CC3)c12. The second kappa shape index (κ2) is 8.19. The van der Waals surface area contributed by atoms with Gasteiger partial charge in [0.2, 0.25) is 0 Å². The fourth-order valence-electron chi connectivity index (χ4n) is 4.33. The Hall–Kier alpha value is -1.59. The standard InChI is InChI=1S/C20H24ClN3O2S/c21-17-3-4-18-19(16(17)8-14-25)24(20(26)27-18)23-12-6-15(7-13-23)5-11-22-9-1-2-10-22/h3-4,8,15H,1-2,5-7,9-13H2. The number of aromatic nitrogens is 1. The first kappa shape index (κ1) is 18.8. The van der Waals surface area contributed by atoms with E-state index in [9.17, 15) is 9.59 Å². The minimum Gasteiger partial charge on any atom is -0.309 e. The number of nitrogens with zero attached hydrogens (tertiary/aromatic N) is 3. The number of thiazole rings is 1. The van der Waals surface area contributed by atoms with Gasteiger partial charge in [-0.3, -0.25) is 4.79 Å². The van der Waals surface area contributed by atoms with Crippen LogP contribution < -0.4 is 9.88 Å². The number of rotatable bonds is 5. The molecular weight excluding hydrogens is 382 g/mol. The largest absolute Gasteiger partial charge is 0.326 e. The lowest BCUT2D eigenvalue weighted by atomic mass is 9.94. The molecule has 0 spiro atoms. The molecule has 2 aliphatic rings. The van der Waals surface area contributed by atoms with Gasteiger partial charge in [-0.2, -0.15) is 0 Å². The van der Waals surface area contributed by atoms with Gasteiger partial charge in [0.25, 0.3) is 0 Å². The molecule has 27 heavy (non-hydrogen) atoms. The van der Waals surface area contributed by atoms with E-state index in [2.05, 4.69) is 9.91 Å². The molecule has 0 saturated carbocycles. The first-order valence-electron chi connectivity index (χ1n) is 9.70. The molecule has 0 aliphatic carbocycles. The van der Waals surface area contributed by atoms with E-state index in [1.807, 2.05) is 12.0 Å². The van der Waals surface area contributed by atoms with Crippen LogP contribution in [-0.2, 0) is 4.79 Å². The van der Waals surface area contributed by atoms with Gasteiger partial charge in [0, 0.05) is 24.7 Å². The Morgan fingerprint density at radius 3 is 2.63 bits per heavy atom. The van der Waals surface area contributed by atoms with Crippen molar-refractivity contribution in [2.24, 2.45) is 5.92 Å². The summed E-state index contributed by atoms with van der Waals surface area (Å²) in [5.41, 5.74) is 1.31. The van der Waals surface area contributed by atoms with Gasteiger partial charge in [0.05, 0.1) is 15.2 Å². The number of fused-ring (bicyclic) bond motifs is 1. The van der Waals surface area contributed by atoms with Crippen LogP contribution >= 0.6 is 22.9 Å². The highest BCUT2D eigenvalue weighted by Crippen LogP contribution is 2.30. The van der Waals surface area contributed by atoms with Crippen LogP contribution in [-0.4, -0.2) is 48.2 Å². The summed E-state index contributed by atoms with van der Waals surface area (Å²) >= 11 is 7.48. The zero-order valence-corrected chi connectivity index (χ0v) is 16.9. The first-order chi connectivity index (χ1) is 13.2. The van der Waals surface area contributed by atoms with Gasteiger partial charge >= 0.3 is 4.87 Å². The fraction of sp³-hybridized carbons (Fsp3) is 0.550. The van der Waals surface area contributed by atoms with Gasteiger partial charge in [-0.1, -0.05) is 22.9 Å². The summed E-state index contributed by atoms with van der Waals surface area (Å²) in [6, 6.07) is 3.59. The molecular formula is C20H24ClN3O2S. The van der Waals surface area contributed by atoms with Crippen LogP contribution in [0.5, 0.6) is 0 Å². The summed E-state index contributed by atoms with van der Waals surface area (Å²) in [4.78, 5) is 26.2. The number of benzene rings is 1. The predicted molar refractivity (Wildman–Crippen MR) is 112 cm³/mol. The third-order valence-electron chi connectivity index (χ3n) is 5.84. The van der Waals surface area contributed by atoms with Crippen LogP contribution in [0.2, 0.25) is 5.02 Å². The van der Waals surface area contributed by atoms with E-state index in [0.717, 1.165) is 42.1 Å². The van der Waals surface area contributed by atoms with Crippen molar-refractivity contribution in [1.82, 2.24) is 9.58 Å². The molecule has 0 N–H and O–H groups in total. The van der Waals surface area contributed by atoms with Crippen molar-refractivity contribution in [3.05, 3.63) is 32.4 Å². The summed E-state index contributed by atoms with van der Waals surface area (Å²) in [6.07, 6.45) is 7.45. The van der Waals surface area contributed by atoms with Crippen LogP contribution in [0.15, 0.2) is 16.9 Å². The van der Waals surface area contributed by atoms with Crippen LogP contribution in [0.3, 0.4) is 0 Å². The van der Waals surface area contributed by atoms with Crippen molar-refractivity contribution in [3.63, 3.8) is 0 Å². The molecule has 1 aromatic carbocycles. The quantitative estimate of drug-likeness (QED) is 0.715. The van der Waals surface area contributed by atoms with Gasteiger partial charge in [0.1, 0.15) is 5.94 Å². The van der Waals surface area contributed by atoms with Gasteiger partial charge in [-0.25, -0.2) is 9.47 Å². The minimum absolute atomic E-state index is 0.0247. The Morgan fingerprint density at radius 1 is 1.19 bits per heavy atom. The number of hydrogen-bond donors (Lipinski definition) is 0. The Morgan fingerprint density at radius 2 is 1.93 bits per heavy atom. The highest BCUT2D eigenvalue weighted by molar-refractivity contribution is 7.16. The number of carbonyl (C=O) groups excluding carboxylic acids is 1. The maximum atomic E-state index is 12.7. The molecule has 2 saturated heterocycles. The Balaban J connectivity index is 1.52. The lowest BCUT2D eigenvalue weighted by molar-refractivity contribution is 0.271. The van der Waals surface area contributed by atoms with Crippen molar-refractivity contribution >= 4 is 45.2 Å². The fourth-order valence-corrected chi connectivity index (χ4v) is 5.44. The van der Waals surface area contributed by atoms with Crippen molar-refractivity contribution in [2.45, 2.75) is 32.1 Å². The van der Waals surface area contributed by atoms with Crippen molar-refractivity contribution < 1.29 is 4.79 Å². The van der Waals surface area contributed by atoms with Gasteiger partial charge in [-0.05, 0) is 69.8 Å². The number of piperidine rings is 1. The maximum Gasteiger partial charge on any atom is 0.326 e. The number of halogens is 1. The van der Waals surface area contributed by atoms with Crippen LogP contribution in [0.4, 0.5) is 0 Å². The molecule has 0 radical (unpaired) electrons. The zero-order valence-electron chi connectivity index (χ0n) is 15.3. The third kappa shape index (κ3) is 3.85. The molecule has 0 bridgehead atoms. The molecule has 2 aromatic rings. The topological polar surface area (TPSA) is 45.6 Å². The molecule has 5 nitrogen and oxygen atoms in total. The van der Waals surface area contributed by atoms with Gasteiger partial charge in [0.15, 0.2) is 0 Å². The maximum absolute atomic E-state index is 12.7. The van der Waals surface area contributed by atoms with E-state index in [0.29, 0.717) is 10.6 Å². The second-order valence-electron chi connectivity index (χ2n) is 7.48. The lowest BCUT2D eigenvalue weighted by Crippen LogP contribution is -2.45. The molecule has 2 aliphatic heterocycles. The molecule has 144 valence electrons. The molecule has 4 rings (SSSR count). The summed E-state index contributed by atoms with van der Waals surface area (Å²) < 4.78 is 2.58. The molecule has 2 fully saturated rings. The summed E-state index contributed by atoms with van der Waals surface area (Å²) in [5.74, 6) is 2.54. The van der Waals surface area contributed by atoms with E-state index >= 15 is 0 Å². The van der Waals surface area contributed by atoms with E-state index in [1.54, 1.807) is 10.7 Å². The van der Waals surface area contributed by atoms with Crippen LogP contribution in [0, 0.1) is 5.92 Å².